The number of amides is 1. The number of aromatic amines is 1. The Morgan fingerprint density at radius 3 is 2.41 bits per heavy atom. The average Bonchev–Trinajstić information content (AvgIpc) is 3.26. The van der Waals surface area contributed by atoms with Crippen LogP contribution in [0.3, 0.4) is 0 Å². The maximum Gasteiger partial charge on any atom is 0.256 e. The Hall–Kier alpha value is -4.20. The van der Waals surface area contributed by atoms with Crippen molar-refractivity contribution in [3.05, 3.63) is 77.7 Å². The highest BCUT2D eigenvalue weighted by atomic mass is 19.1. The summed E-state index contributed by atoms with van der Waals surface area (Å²) in [7, 11) is 4.53. The van der Waals surface area contributed by atoms with Gasteiger partial charge in [-0.1, -0.05) is 24.3 Å². The van der Waals surface area contributed by atoms with Gasteiger partial charge in [-0.15, -0.1) is 0 Å². The Morgan fingerprint density at radius 2 is 1.71 bits per heavy atom. The molecule has 0 saturated carbocycles. The van der Waals surface area contributed by atoms with Crippen LogP contribution in [0.25, 0.3) is 10.9 Å². The second kappa shape index (κ2) is 10.2. The molecule has 0 radical (unpaired) electrons. The first kappa shape index (κ1) is 23.0. The van der Waals surface area contributed by atoms with Crippen LogP contribution in [0.15, 0.2) is 60.8 Å². The van der Waals surface area contributed by atoms with E-state index in [9.17, 15) is 9.18 Å². The largest absolute Gasteiger partial charge is 0.493 e. The lowest BCUT2D eigenvalue weighted by Gasteiger charge is -2.17. The van der Waals surface area contributed by atoms with Gasteiger partial charge in [0.2, 0.25) is 5.75 Å². The van der Waals surface area contributed by atoms with Crippen LogP contribution >= 0.6 is 0 Å². The van der Waals surface area contributed by atoms with Gasteiger partial charge < -0.3 is 29.8 Å². The second-order valence-electron chi connectivity index (χ2n) is 7.57. The summed E-state index contributed by atoms with van der Waals surface area (Å²) in [6.07, 6.45) is 2.54. The Labute approximate surface area is 196 Å². The molecular weight excluding hydrogens is 437 g/mol. The highest BCUT2D eigenvalue weighted by molar-refractivity contribution is 6.00. The fourth-order valence-corrected chi connectivity index (χ4v) is 3.91. The summed E-state index contributed by atoms with van der Waals surface area (Å²) < 4.78 is 30.8. The van der Waals surface area contributed by atoms with Gasteiger partial charge in [-0.2, -0.15) is 0 Å². The molecule has 0 spiro atoms. The van der Waals surface area contributed by atoms with Crippen molar-refractivity contribution in [2.24, 2.45) is 0 Å². The van der Waals surface area contributed by atoms with E-state index < -0.39 is 11.7 Å². The molecule has 3 N–H and O–H groups in total. The zero-order chi connectivity index (χ0) is 24.1. The van der Waals surface area contributed by atoms with Crippen molar-refractivity contribution in [1.82, 2.24) is 10.3 Å². The van der Waals surface area contributed by atoms with Crippen LogP contribution in [0.4, 0.5) is 15.8 Å². The molecule has 0 atom stereocenters. The maximum atomic E-state index is 14.7. The van der Waals surface area contributed by atoms with Gasteiger partial charge in [-0.05, 0) is 30.2 Å². The van der Waals surface area contributed by atoms with Gasteiger partial charge in [-0.3, -0.25) is 4.79 Å². The fourth-order valence-electron chi connectivity index (χ4n) is 3.91. The predicted octanol–water partition coefficient (Wildman–Crippen LogP) is 5.05. The standard InChI is InChI=1S/C26H26FN3O4/c1-32-22-13-17(14-23(33-2)25(22)34-3)30-21-10-6-8-19(27)24(21)26(31)28-12-11-16-15-29-20-9-5-4-7-18(16)20/h4-10,13-15,29-30H,11-12H2,1-3H3,(H,28,31). The lowest BCUT2D eigenvalue weighted by atomic mass is 10.1. The van der Waals surface area contributed by atoms with E-state index >= 15 is 0 Å². The van der Waals surface area contributed by atoms with Crippen molar-refractivity contribution in [2.45, 2.75) is 6.42 Å². The SMILES string of the molecule is COc1cc(Nc2cccc(F)c2C(=O)NCCc2c[nH]c3ccccc23)cc(OC)c1OC. The molecule has 176 valence electrons. The third-order valence-corrected chi connectivity index (χ3v) is 5.54. The Morgan fingerprint density at radius 1 is 0.971 bits per heavy atom. The smallest absolute Gasteiger partial charge is 0.256 e. The number of anilines is 2. The van der Waals surface area contributed by atoms with Crippen molar-refractivity contribution in [1.29, 1.82) is 0 Å². The molecule has 0 aliphatic heterocycles. The molecule has 1 amide bonds. The molecule has 1 heterocycles. The van der Waals surface area contributed by atoms with E-state index in [0.29, 0.717) is 41.6 Å². The van der Waals surface area contributed by atoms with E-state index in [4.69, 9.17) is 14.2 Å². The van der Waals surface area contributed by atoms with Crippen LogP contribution in [-0.4, -0.2) is 38.8 Å². The van der Waals surface area contributed by atoms with Crippen molar-refractivity contribution in [2.75, 3.05) is 33.2 Å². The lowest BCUT2D eigenvalue weighted by Crippen LogP contribution is -2.27. The van der Waals surface area contributed by atoms with E-state index in [0.717, 1.165) is 16.5 Å². The average molecular weight is 464 g/mol. The maximum absolute atomic E-state index is 14.7. The number of carbonyl (C=O) groups excluding carboxylic acids is 1. The number of H-pyrrole nitrogens is 1. The first-order valence-electron chi connectivity index (χ1n) is 10.7. The summed E-state index contributed by atoms with van der Waals surface area (Å²) >= 11 is 0. The predicted molar refractivity (Wildman–Crippen MR) is 130 cm³/mol. The van der Waals surface area contributed by atoms with Crippen LogP contribution in [0.5, 0.6) is 17.2 Å². The molecule has 0 unspecified atom stereocenters. The van der Waals surface area contributed by atoms with Gasteiger partial charge in [0.05, 0.1) is 32.6 Å². The van der Waals surface area contributed by atoms with Crippen LogP contribution in [0.1, 0.15) is 15.9 Å². The number of rotatable bonds is 9. The molecule has 0 saturated heterocycles. The van der Waals surface area contributed by atoms with Gasteiger partial charge in [0.25, 0.3) is 5.91 Å². The van der Waals surface area contributed by atoms with E-state index in [1.807, 2.05) is 30.5 Å². The van der Waals surface area contributed by atoms with Crippen LogP contribution in [0.2, 0.25) is 0 Å². The number of nitrogens with one attached hydrogen (secondary N) is 3. The van der Waals surface area contributed by atoms with Gasteiger partial charge in [0.1, 0.15) is 5.82 Å². The third kappa shape index (κ3) is 4.61. The molecule has 34 heavy (non-hydrogen) atoms. The van der Waals surface area contributed by atoms with Gasteiger partial charge >= 0.3 is 0 Å². The Kier molecular flexibility index (Phi) is 6.87. The van der Waals surface area contributed by atoms with Gasteiger partial charge in [-0.25, -0.2) is 4.39 Å². The molecule has 4 rings (SSSR count). The summed E-state index contributed by atoms with van der Waals surface area (Å²) in [5, 5.41) is 7.04. The second-order valence-corrected chi connectivity index (χ2v) is 7.57. The number of methoxy groups -OCH3 is 3. The van der Waals surface area contributed by atoms with Crippen molar-refractivity contribution in [3.8, 4) is 17.2 Å². The first-order valence-corrected chi connectivity index (χ1v) is 10.7. The van der Waals surface area contributed by atoms with Crippen molar-refractivity contribution < 1.29 is 23.4 Å². The molecule has 0 aliphatic carbocycles. The van der Waals surface area contributed by atoms with Gasteiger partial charge in [0, 0.05) is 41.5 Å². The minimum Gasteiger partial charge on any atom is -0.493 e. The van der Waals surface area contributed by atoms with Crippen LogP contribution in [0, 0.1) is 5.82 Å². The van der Waals surface area contributed by atoms with Crippen molar-refractivity contribution >= 4 is 28.2 Å². The zero-order valence-electron chi connectivity index (χ0n) is 19.2. The molecular formula is C26H26FN3O4. The topological polar surface area (TPSA) is 84.6 Å². The number of hydrogen-bond acceptors (Lipinski definition) is 5. The van der Waals surface area contributed by atoms with Crippen molar-refractivity contribution in [3.63, 3.8) is 0 Å². The number of hydrogen-bond donors (Lipinski definition) is 3. The molecule has 8 heteroatoms. The minimum atomic E-state index is -0.623. The molecule has 0 fully saturated rings. The van der Waals surface area contributed by atoms with Gasteiger partial charge in [0.15, 0.2) is 11.5 Å². The minimum absolute atomic E-state index is 0.0739. The van der Waals surface area contributed by atoms with E-state index in [1.54, 1.807) is 24.3 Å². The number of halogens is 1. The summed E-state index contributed by atoms with van der Waals surface area (Å²) in [6, 6.07) is 15.8. The number of carbonyl (C=O) groups is 1. The quantitative estimate of drug-likeness (QED) is 0.324. The summed E-state index contributed by atoms with van der Waals surface area (Å²) in [5.41, 5.74) is 2.91. The first-order chi connectivity index (χ1) is 16.5. The highest BCUT2D eigenvalue weighted by Crippen LogP contribution is 2.41. The molecule has 0 bridgehead atoms. The monoisotopic (exact) mass is 463 g/mol. The number of benzene rings is 3. The molecule has 3 aromatic carbocycles. The molecule has 7 nitrogen and oxygen atoms in total. The van der Waals surface area contributed by atoms with E-state index in [1.165, 1.54) is 27.4 Å². The summed E-state index contributed by atoms with van der Waals surface area (Å²) in [5.74, 6) is 0.177. The third-order valence-electron chi connectivity index (χ3n) is 5.54. The number of aromatic nitrogens is 1. The zero-order valence-corrected chi connectivity index (χ0v) is 19.2. The Bertz CT molecular complexity index is 1290. The van der Waals surface area contributed by atoms with E-state index in [-0.39, 0.29) is 5.56 Å². The number of fused-ring (bicyclic) bond motifs is 1. The normalized spacial score (nSPS) is 10.7. The number of ether oxygens (including phenoxy) is 3. The fraction of sp³-hybridized carbons (Fsp3) is 0.192. The molecule has 1 aromatic heterocycles. The van der Waals surface area contributed by atoms with E-state index in [2.05, 4.69) is 15.6 Å². The summed E-state index contributed by atoms with van der Waals surface area (Å²) in [6.45, 7) is 0.360. The number of para-hydroxylation sites is 1. The Balaban J connectivity index is 1.53. The highest BCUT2D eigenvalue weighted by Gasteiger charge is 2.19. The van der Waals surface area contributed by atoms with Crippen LogP contribution in [-0.2, 0) is 6.42 Å². The molecule has 4 aromatic rings. The lowest BCUT2D eigenvalue weighted by molar-refractivity contribution is 0.0951. The molecule has 0 aliphatic rings. The summed E-state index contributed by atoms with van der Waals surface area (Å²) in [4.78, 5) is 16.2. The van der Waals surface area contributed by atoms with Crippen LogP contribution < -0.4 is 24.8 Å².